The number of nitrogens with one attached hydrogen (secondary N) is 3. The fourth-order valence-electron chi connectivity index (χ4n) is 3.09. The number of nitrogens with zero attached hydrogens (tertiary/aromatic N) is 2. The molecule has 156 valence electrons. The molecule has 0 aliphatic heterocycles. The summed E-state index contributed by atoms with van der Waals surface area (Å²) in [6.07, 6.45) is 2.17. The molecular weight excluding hydrogens is 394 g/mol. The summed E-state index contributed by atoms with van der Waals surface area (Å²) in [5, 5.41) is 22.4. The number of rotatable bonds is 8. The number of aromatic amines is 1. The number of benzene rings is 1. The quantitative estimate of drug-likeness (QED) is 0.385. The first kappa shape index (κ1) is 19.8. The van der Waals surface area contributed by atoms with Crippen molar-refractivity contribution < 1.29 is 18.7 Å². The standard InChI is InChI=1S/C20H20F2N6O2/c21-12-5-3-11(4-6-12)16(9-29)24-19-13(18(23)30)7-14(22)20(26-19)25-17-8-15(27-28-17)10-1-2-10/h3-8,10,16,29H,1-2,9H2,(H2,23,30)(H3,24,25,26,27,28). The van der Waals surface area contributed by atoms with Crippen molar-refractivity contribution >= 4 is 23.4 Å². The van der Waals surface area contributed by atoms with Crippen molar-refractivity contribution in [2.45, 2.75) is 24.8 Å². The number of aliphatic hydroxyl groups excluding tert-OH is 1. The predicted octanol–water partition coefficient (Wildman–Crippen LogP) is 2.95. The molecule has 10 heteroatoms. The highest BCUT2D eigenvalue weighted by Crippen LogP contribution is 2.39. The lowest BCUT2D eigenvalue weighted by molar-refractivity contribution is 0.1000. The molecule has 1 aliphatic rings. The molecule has 2 heterocycles. The van der Waals surface area contributed by atoms with Gasteiger partial charge in [0.2, 0.25) is 0 Å². The van der Waals surface area contributed by atoms with Crippen LogP contribution in [-0.2, 0) is 0 Å². The minimum Gasteiger partial charge on any atom is -0.394 e. The first-order valence-corrected chi connectivity index (χ1v) is 9.40. The molecule has 1 saturated carbocycles. The lowest BCUT2D eigenvalue weighted by atomic mass is 10.1. The van der Waals surface area contributed by atoms with Gasteiger partial charge in [-0.25, -0.2) is 13.8 Å². The molecule has 4 rings (SSSR count). The number of anilines is 3. The third-order valence-corrected chi connectivity index (χ3v) is 4.87. The molecule has 2 aromatic heterocycles. The van der Waals surface area contributed by atoms with Crippen molar-refractivity contribution in [3.8, 4) is 0 Å². The zero-order chi connectivity index (χ0) is 21.3. The molecule has 1 aromatic carbocycles. The highest BCUT2D eigenvalue weighted by molar-refractivity contribution is 5.98. The van der Waals surface area contributed by atoms with Gasteiger partial charge in [0.15, 0.2) is 17.5 Å². The van der Waals surface area contributed by atoms with E-state index in [1.807, 2.05) is 0 Å². The summed E-state index contributed by atoms with van der Waals surface area (Å²) >= 11 is 0. The second kappa shape index (κ2) is 8.07. The van der Waals surface area contributed by atoms with Crippen LogP contribution in [0.1, 0.15) is 46.4 Å². The molecule has 1 fully saturated rings. The first-order chi connectivity index (χ1) is 14.4. The highest BCUT2D eigenvalue weighted by Gasteiger charge is 2.26. The van der Waals surface area contributed by atoms with Gasteiger partial charge in [0.25, 0.3) is 5.91 Å². The van der Waals surface area contributed by atoms with E-state index in [9.17, 15) is 18.7 Å². The summed E-state index contributed by atoms with van der Waals surface area (Å²) in [6, 6.07) is 7.49. The van der Waals surface area contributed by atoms with Gasteiger partial charge in [-0.05, 0) is 36.6 Å². The van der Waals surface area contributed by atoms with Gasteiger partial charge in [-0.3, -0.25) is 9.89 Å². The van der Waals surface area contributed by atoms with E-state index in [4.69, 9.17) is 5.73 Å². The molecule has 0 radical (unpaired) electrons. The predicted molar refractivity (Wildman–Crippen MR) is 106 cm³/mol. The Balaban J connectivity index is 1.63. The van der Waals surface area contributed by atoms with Gasteiger partial charge >= 0.3 is 0 Å². The van der Waals surface area contributed by atoms with Crippen LogP contribution >= 0.6 is 0 Å². The number of carbonyl (C=O) groups is 1. The van der Waals surface area contributed by atoms with Crippen molar-refractivity contribution in [3.05, 3.63) is 64.9 Å². The molecule has 1 atom stereocenters. The highest BCUT2D eigenvalue weighted by atomic mass is 19.1. The Kier molecular flexibility index (Phi) is 5.32. The van der Waals surface area contributed by atoms with Gasteiger partial charge in [0, 0.05) is 17.7 Å². The van der Waals surface area contributed by atoms with Crippen LogP contribution in [0.25, 0.3) is 0 Å². The molecule has 8 nitrogen and oxygen atoms in total. The van der Waals surface area contributed by atoms with Gasteiger partial charge in [-0.2, -0.15) is 5.10 Å². The van der Waals surface area contributed by atoms with Gasteiger partial charge in [-0.1, -0.05) is 12.1 Å². The molecule has 0 spiro atoms. The zero-order valence-electron chi connectivity index (χ0n) is 15.8. The maximum absolute atomic E-state index is 14.6. The fraction of sp³-hybridized carbons (Fsp3) is 0.250. The van der Waals surface area contributed by atoms with Crippen molar-refractivity contribution in [2.24, 2.45) is 5.73 Å². The average Bonchev–Trinajstić information content (AvgIpc) is 3.47. The third kappa shape index (κ3) is 4.23. The summed E-state index contributed by atoms with van der Waals surface area (Å²) in [6.45, 7) is -0.379. The first-order valence-electron chi connectivity index (χ1n) is 9.40. The molecule has 6 N–H and O–H groups in total. The minimum absolute atomic E-state index is 0.0206. The molecular formula is C20H20F2N6O2. The van der Waals surface area contributed by atoms with E-state index in [0.717, 1.165) is 24.6 Å². The van der Waals surface area contributed by atoms with Crippen molar-refractivity contribution in [2.75, 3.05) is 17.2 Å². The van der Waals surface area contributed by atoms with Gasteiger partial charge in [0.05, 0.1) is 18.2 Å². The topological polar surface area (TPSA) is 129 Å². The number of aliphatic hydroxyl groups is 1. The van der Waals surface area contributed by atoms with Crippen molar-refractivity contribution in [3.63, 3.8) is 0 Å². The second-order valence-corrected chi connectivity index (χ2v) is 7.12. The van der Waals surface area contributed by atoms with Crippen molar-refractivity contribution in [1.82, 2.24) is 15.2 Å². The summed E-state index contributed by atoms with van der Waals surface area (Å²) < 4.78 is 27.7. The Labute approximate surface area is 170 Å². The normalized spacial score (nSPS) is 14.4. The smallest absolute Gasteiger partial charge is 0.252 e. The Morgan fingerprint density at radius 2 is 1.97 bits per heavy atom. The Morgan fingerprint density at radius 3 is 2.60 bits per heavy atom. The zero-order valence-corrected chi connectivity index (χ0v) is 15.8. The number of carbonyl (C=O) groups excluding carboxylic acids is 1. The Bertz CT molecular complexity index is 1070. The Morgan fingerprint density at radius 1 is 1.23 bits per heavy atom. The van der Waals surface area contributed by atoms with E-state index in [-0.39, 0.29) is 23.8 Å². The van der Waals surface area contributed by atoms with Crippen molar-refractivity contribution in [1.29, 1.82) is 0 Å². The van der Waals surface area contributed by atoms with Crippen LogP contribution in [0.2, 0.25) is 0 Å². The number of primary amides is 1. The van der Waals surface area contributed by atoms with Crippen LogP contribution < -0.4 is 16.4 Å². The van der Waals surface area contributed by atoms with Gasteiger partial charge in [-0.15, -0.1) is 0 Å². The number of hydrogen-bond donors (Lipinski definition) is 5. The number of H-pyrrole nitrogens is 1. The molecule has 30 heavy (non-hydrogen) atoms. The van der Waals surface area contributed by atoms with Crippen LogP contribution in [0.4, 0.5) is 26.2 Å². The van der Waals surface area contributed by atoms with Crippen LogP contribution in [0.15, 0.2) is 36.4 Å². The van der Waals surface area contributed by atoms with E-state index < -0.39 is 23.6 Å². The Hall–Kier alpha value is -3.53. The molecule has 1 amide bonds. The molecule has 0 bridgehead atoms. The lowest BCUT2D eigenvalue weighted by Crippen LogP contribution is -2.21. The largest absolute Gasteiger partial charge is 0.394 e. The summed E-state index contributed by atoms with van der Waals surface area (Å²) in [5.74, 6) is -1.45. The number of aromatic nitrogens is 3. The van der Waals surface area contributed by atoms with E-state index in [1.165, 1.54) is 24.3 Å². The van der Waals surface area contributed by atoms with Gasteiger partial charge < -0.3 is 21.5 Å². The monoisotopic (exact) mass is 414 g/mol. The minimum atomic E-state index is -0.887. The van der Waals surface area contributed by atoms with Crippen LogP contribution in [0.3, 0.4) is 0 Å². The number of pyridine rings is 1. The average molecular weight is 414 g/mol. The van der Waals surface area contributed by atoms with E-state index in [1.54, 1.807) is 6.07 Å². The van der Waals surface area contributed by atoms with Crippen LogP contribution in [-0.4, -0.2) is 32.8 Å². The van der Waals surface area contributed by atoms with E-state index in [0.29, 0.717) is 17.3 Å². The molecule has 1 aliphatic carbocycles. The SMILES string of the molecule is NC(=O)c1cc(F)c(Nc2cc(C3CC3)[nH]n2)nc1NC(CO)c1ccc(F)cc1. The van der Waals surface area contributed by atoms with Crippen LogP contribution in [0, 0.1) is 11.6 Å². The number of hydrogen-bond acceptors (Lipinski definition) is 6. The molecule has 1 unspecified atom stereocenters. The van der Waals surface area contributed by atoms with E-state index >= 15 is 0 Å². The van der Waals surface area contributed by atoms with Gasteiger partial charge in [0.1, 0.15) is 11.6 Å². The third-order valence-electron chi connectivity index (χ3n) is 4.87. The maximum atomic E-state index is 14.6. The summed E-state index contributed by atoms with van der Waals surface area (Å²) in [7, 11) is 0. The molecule has 0 saturated heterocycles. The lowest BCUT2D eigenvalue weighted by Gasteiger charge is -2.20. The summed E-state index contributed by atoms with van der Waals surface area (Å²) in [5.41, 5.74) is 6.70. The second-order valence-electron chi connectivity index (χ2n) is 7.12. The fourth-order valence-corrected chi connectivity index (χ4v) is 3.09. The number of halogens is 2. The number of amides is 1. The number of nitrogens with two attached hydrogens (primary N) is 1. The van der Waals surface area contributed by atoms with E-state index in [2.05, 4.69) is 25.8 Å². The summed E-state index contributed by atoms with van der Waals surface area (Å²) in [4.78, 5) is 16.0. The molecule has 3 aromatic rings. The maximum Gasteiger partial charge on any atom is 0.252 e. The van der Waals surface area contributed by atoms with Crippen LogP contribution in [0.5, 0.6) is 0 Å².